The van der Waals surface area contributed by atoms with Gasteiger partial charge in [-0.3, -0.25) is 4.79 Å². The molecule has 0 aliphatic carbocycles. The fourth-order valence-corrected chi connectivity index (χ4v) is 3.33. The summed E-state index contributed by atoms with van der Waals surface area (Å²) in [5.74, 6) is 0.0342. The number of carbonyl (C=O) groups excluding carboxylic acids is 2. The smallest absolute Gasteiger partial charge is 0.349 e. The second kappa shape index (κ2) is 8.16. The minimum Gasteiger partial charge on any atom is -0.451 e. The minimum absolute atomic E-state index is 0.117. The first-order valence-electron chi connectivity index (χ1n) is 9.12. The molecule has 0 atom stereocenters. The summed E-state index contributed by atoms with van der Waals surface area (Å²) < 4.78 is 10.5. The number of aryl methyl sites for hydroxylation is 2. The van der Waals surface area contributed by atoms with Crippen LogP contribution in [0.3, 0.4) is 0 Å². The van der Waals surface area contributed by atoms with Crippen molar-refractivity contribution in [1.82, 2.24) is 10.1 Å². The summed E-state index contributed by atoms with van der Waals surface area (Å²) in [7, 11) is 0. The van der Waals surface area contributed by atoms with Crippen LogP contribution in [-0.2, 0) is 16.1 Å². The number of hydrogen-bond acceptors (Lipinski definition) is 7. The highest BCUT2D eigenvalue weighted by atomic mass is 32.1. The van der Waals surface area contributed by atoms with Gasteiger partial charge in [0.1, 0.15) is 4.88 Å². The lowest BCUT2D eigenvalue weighted by atomic mass is 9.96. The van der Waals surface area contributed by atoms with E-state index in [1.165, 1.54) is 11.3 Å². The number of nitrogens with one attached hydrogen (secondary N) is 1. The monoisotopic (exact) mass is 413 g/mol. The molecule has 1 aromatic carbocycles. The standard InChI is InChI=1S/C21H23N3O4S/c1-12-6-8-14(9-7-12)18-22-15(28-24-18)11-27-19(25)17-13(2)10-16(29-17)23-20(26)21(3,4)5/h6-10H,11H2,1-5H3,(H,23,26). The van der Waals surface area contributed by atoms with E-state index in [0.29, 0.717) is 15.7 Å². The quantitative estimate of drug-likeness (QED) is 0.606. The van der Waals surface area contributed by atoms with Gasteiger partial charge in [-0.2, -0.15) is 4.98 Å². The van der Waals surface area contributed by atoms with Gasteiger partial charge in [-0.15, -0.1) is 11.3 Å². The van der Waals surface area contributed by atoms with Gasteiger partial charge in [0.15, 0.2) is 6.61 Å². The van der Waals surface area contributed by atoms with Crippen molar-refractivity contribution in [3.63, 3.8) is 0 Å². The molecule has 0 aliphatic heterocycles. The molecule has 29 heavy (non-hydrogen) atoms. The van der Waals surface area contributed by atoms with Crippen LogP contribution in [-0.4, -0.2) is 22.0 Å². The average Bonchev–Trinajstić information content (AvgIpc) is 3.26. The molecule has 0 unspecified atom stereocenters. The SMILES string of the molecule is Cc1ccc(-c2noc(COC(=O)c3sc(NC(=O)C(C)(C)C)cc3C)n2)cc1. The van der Waals surface area contributed by atoms with Gasteiger partial charge in [-0.25, -0.2) is 4.79 Å². The van der Waals surface area contributed by atoms with Gasteiger partial charge in [-0.1, -0.05) is 55.8 Å². The third kappa shape index (κ3) is 5.08. The summed E-state index contributed by atoms with van der Waals surface area (Å²) in [6.45, 7) is 9.14. The maximum Gasteiger partial charge on any atom is 0.349 e. The fourth-order valence-electron chi connectivity index (χ4n) is 2.37. The number of aromatic nitrogens is 2. The van der Waals surface area contributed by atoms with Gasteiger partial charge in [0.05, 0.1) is 5.00 Å². The van der Waals surface area contributed by atoms with E-state index < -0.39 is 11.4 Å². The molecule has 3 aromatic rings. The van der Waals surface area contributed by atoms with Crippen molar-refractivity contribution in [2.24, 2.45) is 5.41 Å². The van der Waals surface area contributed by atoms with Gasteiger partial charge >= 0.3 is 5.97 Å². The van der Waals surface area contributed by atoms with Crippen molar-refractivity contribution in [1.29, 1.82) is 0 Å². The Bertz CT molecular complexity index is 1030. The van der Waals surface area contributed by atoms with Crippen molar-refractivity contribution in [2.75, 3.05) is 5.32 Å². The van der Waals surface area contributed by atoms with Crippen LogP contribution in [0.5, 0.6) is 0 Å². The molecule has 2 heterocycles. The normalized spacial score (nSPS) is 11.3. The van der Waals surface area contributed by atoms with E-state index in [1.54, 1.807) is 13.0 Å². The number of rotatable bonds is 5. The second-order valence-corrected chi connectivity index (χ2v) is 8.83. The number of hydrogen-bond donors (Lipinski definition) is 1. The molecule has 0 spiro atoms. The highest BCUT2D eigenvalue weighted by Crippen LogP contribution is 2.29. The highest BCUT2D eigenvalue weighted by molar-refractivity contribution is 7.18. The number of amides is 1. The Kier molecular flexibility index (Phi) is 5.83. The van der Waals surface area contributed by atoms with Gasteiger partial charge < -0.3 is 14.6 Å². The molecule has 0 saturated heterocycles. The molecule has 0 aliphatic rings. The predicted molar refractivity (Wildman–Crippen MR) is 111 cm³/mol. The molecule has 0 radical (unpaired) electrons. The maximum absolute atomic E-state index is 12.4. The van der Waals surface area contributed by atoms with Crippen LogP contribution in [0.2, 0.25) is 0 Å². The van der Waals surface area contributed by atoms with Gasteiger partial charge in [-0.05, 0) is 25.5 Å². The van der Waals surface area contributed by atoms with Crippen LogP contribution in [0.1, 0.15) is 47.5 Å². The molecule has 152 valence electrons. The highest BCUT2D eigenvalue weighted by Gasteiger charge is 2.23. The fraction of sp³-hybridized carbons (Fsp3) is 0.333. The summed E-state index contributed by atoms with van der Waals surface area (Å²) in [4.78, 5) is 29.2. The van der Waals surface area contributed by atoms with Crippen LogP contribution in [0.25, 0.3) is 11.4 Å². The van der Waals surface area contributed by atoms with Gasteiger partial charge in [0, 0.05) is 11.0 Å². The third-order valence-electron chi connectivity index (χ3n) is 4.13. The molecular formula is C21H23N3O4S. The van der Waals surface area contributed by atoms with Crippen molar-refractivity contribution in [2.45, 2.75) is 41.2 Å². The zero-order valence-electron chi connectivity index (χ0n) is 17.0. The molecule has 1 N–H and O–H groups in total. The Morgan fingerprint density at radius 3 is 2.52 bits per heavy atom. The largest absolute Gasteiger partial charge is 0.451 e. The van der Waals surface area contributed by atoms with E-state index in [-0.39, 0.29) is 18.4 Å². The summed E-state index contributed by atoms with van der Waals surface area (Å²) in [5.41, 5.74) is 2.17. The molecule has 3 rings (SSSR count). The van der Waals surface area contributed by atoms with Crippen LogP contribution >= 0.6 is 11.3 Å². The summed E-state index contributed by atoms with van der Waals surface area (Å²) in [6.07, 6.45) is 0. The molecule has 0 fully saturated rings. The van der Waals surface area contributed by atoms with Gasteiger partial charge in [0.2, 0.25) is 11.7 Å². The van der Waals surface area contributed by atoms with Crippen molar-refractivity contribution >= 4 is 28.2 Å². The summed E-state index contributed by atoms with van der Waals surface area (Å²) in [6, 6.07) is 9.48. The van der Waals surface area contributed by atoms with Crippen molar-refractivity contribution < 1.29 is 18.8 Å². The maximum atomic E-state index is 12.4. The first-order chi connectivity index (χ1) is 13.6. The predicted octanol–water partition coefficient (Wildman–Crippen LogP) is 4.76. The molecule has 2 aromatic heterocycles. The topological polar surface area (TPSA) is 94.3 Å². The molecule has 0 saturated carbocycles. The van der Waals surface area contributed by atoms with Crippen LogP contribution < -0.4 is 5.32 Å². The van der Waals surface area contributed by atoms with E-state index in [4.69, 9.17) is 9.26 Å². The average molecular weight is 413 g/mol. The summed E-state index contributed by atoms with van der Waals surface area (Å²) >= 11 is 1.18. The Balaban J connectivity index is 1.63. The first kappa shape index (κ1) is 20.7. The lowest BCUT2D eigenvalue weighted by Gasteiger charge is -2.16. The van der Waals surface area contributed by atoms with E-state index in [0.717, 1.165) is 16.7 Å². The number of ether oxygens (including phenoxy) is 1. The Hall–Kier alpha value is -3.00. The third-order valence-corrected chi connectivity index (χ3v) is 5.26. The molecule has 8 heteroatoms. The lowest BCUT2D eigenvalue weighted by molar-refractivity contribution is -0.123. The first-order valence-corrected chi connectivity index (χ1v) is 9.94. The lowest BCUT2D eigenvalue weighted by Crippen LogP contribution is -2.27. The zero-order valence-corrected chi connectivity index (χ0v) is 17.8. The molecular weight excluding hydrogens is 390 g/mol. The second-order valence-electron chi connectivity index (χ2n) is 7.78. The van der Waals surface area contributed by atoms with Crippen molar-refractivity contribution in [3.8, 4) is 11.4 Å². The van der Waals surface area contributed by atoms with Crippen LogP contribution in [0, 0.1) is 19.3 Å². The number of esters is 1. The summed E-state index contributed by atoms with van der Waals surface area (Å²) in [5, 5.41) is 7.36. The number of carbonyl (C=O) groups is 2. The Morgan fingerprint density at radius 2 is 1.86 bits per heavy atom. The number of anilines is 1. The molecule has 0 bridgehead atoms. The van der Waals surface area contributed by atoms with E-state index in [2.05, 4.69) is 15.5 Å². The number of nitrogens with zero attached hydrogens (tertiary/aromatic N) is 2. The van der Waals surface area contributed by atoms with Crippen LogP contribution in [0.15, 0.2) is 34.9 Å². The van der Waals surface area contributed by atoms with Crippen molar-refractivity contribution in [3.05, 3.63) is 52.2 Å². The molecule has 7 nitrogen and oxygen atoms in total. The Labute approximate surface area is 173 Å². The Morgan fingerprint density at radius 1 is 1.17 bits per heavy atom. The molecule has 1 amide bonds. The van der Waals surface area contributed by atoms with Gasteiger partial charge in [0.25, 0.3) is 5.89 Å². The zero-order chi connectivity index (χ0) is 21.2. The van der Waals surface area contributed by atoms with E-state index in [1.807, 2.05) is 52.0 Å². The minimum atomic E-state index is -0.522. The number of thiophene rings is 1. The van der Waals surface area contributed by atoms with Crippen LogP contribution in [0.4, 0.5) is 5.00 Å². The number of benzene rings is 1. The van der Waals surface area contributed by atoms with E-state index in [9.17, 15) is 9.59 Å². The van der Waals surface area contributed by atoms with E-state index >= 15 is 0 Å².